The van der Waals surface area contributed by atoms with Gasteiger partial charge in [-0.1, -0.05) is 43.3 Å². The van der Waals surface area contributed by atoms with E-state index in [1.807, 2.05) is 24.3 Å². The maximum atomic E-state index is 12.5. The number of anilines is 1. The summed E-state index contributed by atoms with van der Waals surface area (Å²) in [5.41, 5.74) is 2.86. The average molecular weight is 365 g/mol. The molecule has 3 rings (SSSR count). The van der Waals surface area contributed by atoms with Gasteiger partial charge in [0.2, 0.25) is 0 Å². The lowest BCUT2D eigenvalue weighted by Crippen LogP contribution is -2.37. The lowest BCUT2D eigenvalue weighted by Gasteiger charge is -2.11. The van der Waals surface area contributed by atoms with Crippen molar-refractivity contribution >= 4 is 23.4 Å². The summed E-state index contributed by atoms with van der Waals surface area (Å²) < 4.78 is 0. The predicted molar refractivity (Wildman–Crippen MR) is 103 cm³/mol. The Kier molecular flexibility index (Phi) is 5.86. The van der Waals surface area contributed by atoms with Gasteiger partial charge in [-0.2, -0.15) is 0 Å². The maximum absolute atomic E-state index is 12.5. The largest absolute Gasteiger partial charge is 0.348 e. The monoisotopic (exact) mass is 365 g/mol. The molecule has 0 bridgehead atoms. The van der Waals surface area contributed by atoms with E-state index in [-0.39, 0.29) is 11.9 Å². The molecule has 3 amide bonds. The number of rotatable bonds is 6. The van der Waals surface area contributed by atoms with E-state index >= 15 is 0 Å². The third-order valence-corrected chi connectivity index (χ3v) is 4.42. The highest BCUT2D eigenvalue weighted by molar-refractivity contribution is 6.40. The summed E-state index contributed by atoms with van der Waals surface area (Å²) in [5.74, 6) is -1.76. The van der Waals surface area contributed by atoms with Crippen molar-refractivity contribution in [3.63, 3.8) is 0 Å². The van der Waals surface area contributed by atoms with E-state index in [9.17, 15) is 14.4 Å². The second kappa shape index (κ2) is 8.49. The van der Waals surface area contributed by atoms with Crippen LogP contribution in [-0.2, 0) is 22.6 Å². The summed E-state index contributed by atoms with van der Waals surface area (Å²) >= 11 is 0. The van der Waals surface area contributed by atoms with Crippen LogP contribution in [0, 0.1) is 0 Å². The fraction of sp³-hybridized carbons (Fsp3) is 0.286. The first-order chi connectivity index (χ1) is 13.1. The number of nitrogens with one attached hydrogen (secondary N) is 3. The van der Waals surface area contributed by atoms with Crippen molar-refractivity contribution in [1.82, 2.24) is 10.6 Å². The molecule has 1 saturated carbocycles. The molecule has 0 spiro atoms. The van der Waals surface area contributed by atoms with E-state index < -0.39 is 11.8 Å². The van der Waals surface area contributed by atoms with Crippen LogP contribution in [0.15, 0.2) is 48.5 Å². The molecule has 3 N–H and O–H groups in total. The van der Waals surface area contributed by atoms with E-state index in [4.69, 9.17) is 0 Å². The molecule has 0 radical (unpaired) electrons. The molecule has 2 aromatic rings. The number of carbonyl (C=O) groups is 3. The van der Waals surface area contributed by atoms with Gasteiger partial charge in [-0.3, -0.25) is 14.4 Å². The molecule has 27 heavy (non-hydrogen) atoms. The van der Waals surface area contributed by atoms with Gasteiger partial charge in [0.05, 0.1) is 11.3 Å². The molecule has 0 aromatic heterocycles. The Hall–Kier alpha value is -3.15. The van der Waals surface area contributed by atoms with Crippen molar-refractivity contribution in [3.05, 3.63) is 65.2 Å². The molecule has 1 fully saturated rings. The molecule has 6 nitrogen and oxygen atoms in total. The second-order valence-electron chi connectivity index (χ2n) is 6.60. The van der Waals surface area contributed by atoms with Crippen LogP contribution in [0.4, 0.5) is 5.69 Å². The van der Waals surface area contributed by atoms with Gasteiger partial charge in [0.15, 0.2) is 0 Å². The summed E-state index contributed by atoms with van der Waals surface area (Å²) in [7, 11) is 0. The van der Waals surface area contributed by atoms with Gasteiger partial charge >= 0.3 is 11.8 Å². The first-order valence-electron chi connectivity index (χ1n) is 9.13. The summed E-state index contributed by atoms with van der Waals surface area (Å²) in [6.07, 6.45) is 2.77. The topological polar surface area (TPSA) is 87.3 Å². The fourth-order valence-corrected chi connectivity index (χ4v) is 2.62. The highest BCUT2D eigenvalue weighted by Gasteiger charge is 2.26. The van der Waals surface area contributed by atoms with Crippen LogP contribution in [0.3, 0.4) is 0 Å². The number of hydrogen-bond acceptors (Lipinski definition) is 3. The Bertz CT molecular complexity index is 842. The minimum absolute atomic E-state index is 0.0980. The van der Waals surface area contributed by atoms with E-state index in [0.717, 1.165) is 24.8 Å². The van der Waals surface area contributed by atoms with Gasteiger partial charge in [-0.05, 0) is 42.5 Å². The Labute approximate surface area is 158 Å². The number of hydrogen-bond donors (Lipinski definition) is 3. The molecule has 0 aliphatic heterocycles. The molecular weight excluding hydrogens is 342 g/mol. The SMILES string of the molecule is CCc1ccc(CNC(=O)c2ccccc2NC(=O)C(=O)NC2CC2)cc1. The Balaban J connectivity index is 1.62. The number of carbonyl (C=O) groups excluding carboxylic acids is 3. The molecule has 1 aliphatic carbocycles. The molecule has 0 saturated heterocycles. The van der Waals surface area contributed by atoms with Crippen LogP contribution < -0.4 is 16.0 Å². The Morgan fingerprint density at radius 1 is 0.926 bits per heavy atom. The highest BCUT2D eigenvalue weighted by Crippen LogP contribution is 2.19. The Morgan fingerprint density at radius 3 is 2.26 bits per heavy atom. The van der Waals surface area contributed by atoms with E-state index in [0.29, 0.717) is 17.8 Å². The summed E-state index contributed by atoms with van der Waals surface area (Å²) in [4.78, 5) is 36.4. The fourth-order valence-electron chi connectivity index (χ4n) is 2.62. The van der Waals surface area contributed by atoms with Crippen LogP contribution in [0.5, 0.6) is 0 Å². The van der Waals surface area contributed by atoms with Crippen LogP contribution in [0.25, 0.3) is 0 Å². The van der Waals surface area contributed by atoms with E-state index in [1.165, 1.54) is 5.56 Å². The molecule has 6 heteroatoms. The van der Waals surface area contributed by atoms with Gasteiger partial charge in [0.25, 0.3) is 5.91 Å². The van der Waals surface area contributed by atoms with Crippen molar-refractivity contribution in [2.45, 2.75) is 38.8 Å². The van der Waals surface area contributed by atoms with Crippen molar-refractivity contribution in [2.24, 2.45) is 0 Å². The zero-order chi connectivity index (χ0) is 19.2. The number of para-hydroxylation sites is 1. The molecule has 140 valence electrons. The zero-order valence-electron chi connectivity index (χ0n) is 15.2. The quantitative estimate of drug-likeness (QED) is 0.687. The third-order valence-electron chi connectivity index (χ3n) is 4.42. The van der Waals surface area contributed by atoms with Gasteiger partial charge in [-0.15, -0.1) is 0 Å². The standard InChI is InChI=1S/C21H23N3O3/c1-2-14-7-9-15(10-8-14)13-22-19(25)17-5-3-4-6-18(17)24-21(27)20(26)23-16-11-12-16/h3-10,16H,2,11-13H2,1H3,(H,22,25)(H,23,26)(H,24,27). The van der Waals surface area contributed by atoms with Gasteiger partial charge < -0.3 is 16.0 Å². The summed E-state index contributed by atoms with van der Waals surface area (Å²) in [6.45, 7) is 2.47. The lowest BCUT2D eigenvalue weighted by atomic mass is 10.1. The zero-order valence-corrected chi connectivity index (χ0v) is 15.2. The van der Waals surface area contributed by atoms with Crippen LogP contribution in [0.2, 0.25) is 0 Å². The van der Waals surface area contributed by atoms with Gasteiger partial charge in [0.1, 0.15) is 0 Å². The predicted octanol–water partition coefficient (Wildman–Crippen LogP) is 2.40. The molecule has 0 atom stereocenters. The van der Waals surface area contributed by atoms with Crippen molar-refractivity contribution in [2.75, 3.05) is 5.32 Å². The van der Waals surface area contributed by atoms with Crippen LogP contribution in [0.1, 0.15) is 41.3 Å². The van der Waals surface area contributed by atoms with Crippen molar-refractivity contribution in [1.29, 1.82) is 0 Å². The molecule has 0 heterocycles. The average Bonchev–Trinajstić information content (AvgIpc) is 3.51. The van der Waals surface area contributed by atoms with Gasteiger partial charge in [0, 0.05) is 12.6 Å². The third kappa shape index (κ3) is 5.17. The minimum atomic E-state index is -0.766. The van der Waals surface area contributed by atoms with Crippen molar-refractivity contribution < 1.29 is 14.4 Å². The molecule has 2 aromatic carbocycles. The second-order valence-corrected chi connectivity index (χ2v) is 6.60. The summed E-state index contributed by atoms with van der Waals surface area (Å²) in [5, 5.41) is 8.00. The molecule has 0 unspecified atom stereocenters. The minimum Gasteiger partial charge on any atom is -0.348 e. The first-order valence-corrected chi connectivity index (χ1v) is 9.13. The van der Waals surface area contributed by atoms with Crippen LogP contribution in [-0.4, -0.2) is 23.8 Å². The smallest absolute Gasteiger partial charge is 0.313 e. The maximum Gasteiger partial charge on any atom is 0.313 e. The number of benzene rings is 2. The van der Waals surface area contributed by atoms with Gasteiger partial charge in [-0.25, -0.2) is 0 Å². The summed E-state index contributed by atoms with van der Waals surface area (Å²) in [6, 6.07) is 14.8. The van der Waals surface area contributed by atoms with E-state index in [1.54, 1.807) is 24.3 Å². The first kappa shape index (κ1) is 18.6. The lowest BCUT2D eigenvalue weighted by molar-refractivity contribution is -0.136. The Morgan fingerprint density at radius 2 is 1.59 bits per heavy atom. The number of amides is 3. The normalized spacial score (nSPS) is 12.9. The van der Waals surface area contributed by atoms with E-state index in [2.05, 4.69) is 22.9 Å². The van der Waals surface area contributed by atoms with Crippen LogP contribution >= 0.6 is 0 Å². The molecular formula is C21H23N3O3. The number of aryl methyl sites for hydroxylation is 1. The highest BCUT2D eigenvalue weighted by atomic mass is 16.2. The molecule has 1 aliphatic rings. The van der Waals surface area contributed by atoms with Crippen molar-refractivity contribution in [3.8, 4) is 0 Å².